The molecule has 1 aromatic rings. The van der Waals surface area contributed by atoms with Crippen molar-refractivity contribution in [2.75, 3.05) is 7.11 Å². The fourth-order valence-electron chi connectivity index (χ4n) is 9.29. The third-order valence-corrected chi connectivity index (χ3v) is 13.4. The summed E-state index contributed by atoms with van der Waals surface area (Å²) >= 11 is 0. The third kappa shape index (κ3) is 15.3. The molecule has 62 heavy (non-hydrogen) atoms. The van der Waals surface area contributed by atoms with Gasteiger partial charge in [-0.3, -0.25) is 9.59 Å². The van der Waals surface area contributed by atoms with Gasteiger partial charge in [0.05, 0.1) is 12.2 Å². The average molecular weight is 864 g/mol. The van der Waals surface area contributed by atoms with E-state index in [1.807, 2.05) is 71.9 Å². The van der Waals surface area contributed by atoms with Gasteiger partial charge in [0, 0.05) is 45.1 Å². The summed E-state index contributed by atoms with van der Waals surface area (Å²) in [6.07, 6.45) is 28.0. The van der Waals surface area contributed by atoms with Crippen molar-refractivity contribution >= 4 is 24.0 Å². The first-order valence-electron chi connectivity index (χ1n) is 23.9. The van der Waals surface area contributed by atoms with E-state index in [1.165, 1.54) is 64.2 Å². The average Bonchev–Trinajstić information content (AvgIpc) is 4.11. The van der Waals surface area contributed by atoms with E-state index in [1.54, 1.807) is 13.4 Å². The molecule has 5 heterocycles. The molecule has 5 rings (SSSR count). The lowest BCUT2D eigenvalue weighted by Gasteiger charge is -2.34. The number of hydrogen-bond acceptors (Lipinski definition) is 11. The van der Waals surface area contributed by atoms with Gasteiger partial charge in [0.2, 0.25) is 0 Å². The number of allylic oxidation sites excluding steroid dienone is 4. The molecule has 11 heteroatoms. The van der Waals surface area contributed by atoms with Gasteiger partial charge in [0.15, 0.2) is 12.0 Å². The van der Waals surface area contributed by atoms with Gasteiger partial charge < -0.3 is 32.8 Å². The van der Waals surface area contributed by atoms with Crippen molar-refractivity contribution in [3.63, 3.8) is 0 Å². The molecule has 11 nitrogen and oxygen atoms in total. The van der Waals surface area contributed by atoms with Gasteiger partial charge in [-0.15, -0.1) is 0 Å². The standard InChI is InChI=1S/C51H77NO10/c1-9-10-11-12-13-14-15-16-17-18-19-20-21-25-46(53)61-45-32-42(37(5)48(56-8)36(4)24-22-23-34(2)28-40-33-57-38(6)52-40)60-50(55)49-43(59-49)30-39-29-41(58-47(54)31-39)35(3)26-27-44-51(45,7)62-44/h22-24,26-28,33,35,37,39,41-45,48-49H,9-21,25,29-32H2,1-8H3/b23-22+,27-26-,34-28+,36-24+/t35-,37+,39+,41-,42+,43-,44-,45+,48+,49+,51-/m1/s1. The first-order valence-corrected chi connectivity index (χ1v) is 23.9. The van der Waals surface area contributed by atoms with Gasteiger partial charge in [0.1, 0.15) is 42.0 Å². The minimum atomic E-state index is -0.851. The predicted octanol–water partition coefficient (Wildman–Crippen LogP) is 11.1. The van der Waals surface area contributed by atoms with E-state index in [2.05, 4.69) is 18.0 Å². The first kappa shape index (κ1) is 49.5. The molecule has 0 radical (unpaired) electrons. The zero-order valence-corrected chi connectivity index (χ0v) is 39.1. The van der Waals surface area contributed by atoms with Crippen molar-refractivity contribution in [1.82, 2.24) is 4.98 Å². The quantitative estimate of drug-likeness (QED) is 0.0275. The molecule has 3 saturated heterocycles. The van der Waals surface area contributed by atoms with Crippen LogP contribution in [0.3, 0.4) is 0 Å². The van der Waals surface area contributed by atoms with Gasteiger partial charge in [-0.25, -0.2) is 9.78 Å². The Balaban J connectivity index is 1.27. The number of rotatable bonds is 22. The number of esters is 3. The molecule has 11 atom stereocenters. The Morgan fingerprint density at radius 2 is 1.60 bits per heavy atom. The van der Waals surface area contributed by atoms with E-state index in [4.69, 9.17) is 32.8 Å². The number of aryl methyl sites for hydroxylation is 1. The number of carbonyl (C=O) groups excluding carboxylic acids is 3. The van der Waals surface area contributed by atoms with Crippen LogP contribution in [0.25, 0.3) is 6.08 Å². The van der Waals surface area contributed by atoms with Crippen LogP contribution in [0.2, 0.25) is 0 Å². The van der Waals surface area contributed by atoms with Crippen LogP contribution in [-0.2, 0) is 42.8 Å². The molecule has 0 amide bonds. The summed E-state index contributed by atoms with van der Waals surface area (Å²) in [5.41, 5.74) is 1.83. The second-order valence-electron chi connectivity index (χ2n) is 18.8. The van der Waals surface area contributed by atoms with E-state index in [-0.39, 0.29) is 54.4 Å². The summed E-state index contributed by atoms with van der Waals surface area (Å²) in [6.45, 7) is 14.1. The lowest BCUT2D eigenvalue weighted by atomic mass is 9.84. The number of aromatic nitrogens is 1. The van der Waals surface area contributed by atoms with Gasteiger partial charge >= 0.3 is 17.9 Å². The lowest BCUT2D eigenvalue weighted by molar-refractivity contribution is -0.164. The highest BCUT2D eigenvalue weighted by atomic mass is 16.7. The summed E-state index contributed by atoms with van der Waals surface area (Å²) < 4.78 is 42.3. The SMILES string of the molecule is CCCCCCCCCCCCCCCC(=O)O[C@H]1C[C@@H]([C@H](C)[C@@H](OC)/C(C)=C/C=C/C(C)=C/c2coc(C)n2)OC(=O)[C@H]2O[C@@H]2C[C@H]2CC(=O)O[C@H](C2)[C@H](C)/C=C\[C@H]2O[C@@]12C. The fraction of sp³-hybridized carbons (Fsp3) is 0.725. The van der Waals surface area contributed by atoms with Crippen molar-refractivity contribution < 1.29 is 47.2 Å². The molecule has 0 N–H and O–H groups in total. The minimum absolute atomic E-state index is 0.0425. The number of hydrogen-bond donors (Lipinski definition) is 0. The number of ether oxygens (including phenoxy) is 6. The van der Waals surface area contributed by atoms with Gasteiger partial charge in [-0.05, 0) is 63.2 Å². The molecule has 0 aromatic carbocycles. The van der Waals surface area contributed by atoms with E-state index in [0.717, 1.165) is 36.1 Å². The molecule has 0 saturated carbocycles. The Morgan fingerprint density at radius 1 is 0.935 bits per heavy atom. The van der Waals surface area contributed by atoms with Gasteiger partial charge in [-0.1, -0.05) is 128 Å². The van der Waals surface area contributed by atoms with Crippen molar-refractivity contribution in [2.45, 2.75) is 212 Å². The number of epoxide rings is 2. The molecule has 0 unspecified atom stereocenters. The van der Waals surface area contributed by atoms with E-state index in [0.29, 0.717) is 31.6 Å². The highest BCUT2D eigenvalue weighted by Crippen LogP contribution is 2.46. The van der Waals surface area contributed by atoms with Crippen LogP contribution in [0.5, 0.6) is 0 Å². The highest BCUT2D eigenvalue weighted by Gasteiger charge is 2.59. The van der Waals surface area contributed by atoms with Crippen LogP contribution in [0.1, 0.15) is 169 Å². The highest BCUT2D eigenvalue weighted by molar-refractivity contribution is 5.78. The molecule has 2 bridgehead atoms. The van der Waals surface area contributed by atoms with Crippen molar-refractivity contribution in [2.24, 2.45) is 17.8 Å². The number of oxazole rings is 1. The fourth-order valence-corrected chi connectivity index (χ4v) is 9.29. The monoisotopic (exact) mass is 864 g/mol. The second-order valence-corrected chi connectivity index (χ2v) is 18.8. The number of methoxy groups -OCH3 is 1. The van der Waals surface area contributed by atoms with E-state index < -0.39 is 36.0 Å². The Hall–Kier alpha value is -3.54. The maximum absolute atomic E-state index is 13.9. The first-order chi connectivity index (χ1) is 29.8. The largest absolute Gasteiger partial charge is 0.462 e. The summed E-state index contributed by atoms with van der Waals surface area (Å²) in [7, 11) is 1.65. The zero-order chi connectivity index (χ0) is 44.6. The topological polar surface area (TPSA) is 139 Å². The summed E-state index contributed by atoms with van der Waals surface area (Å²) in [6, 6.07) is 0. The van der Waals surface area contributed by atoms with Crippen LogP contribution < -0.4 is 0 Å². The normalized spacial score (nSPS) is 30.8. The smallest absolute Gasteiger partial charge is 0.338 e. The number of cyclic esters (lactones) is 1. The molecule has 4 aliphatic rings. The van der Waals surface area contributed by atoms with Crippen molar-refractivity contribution in [1.29, 1.82) is 0 Å². The molecular weight excluding hydrogens is 787 g/mol. The van der Waals surface area contributed by atoms with Crippen LogP contribution in [0, 0.1) is 24.7 Å². The maximum Gasteiger partial charge on any atom is 0.338 e. The Bertz CT molecular complexity index is 1710. The predicted molar refractivity (Wildman–Crippen MR) is 240 cm³/mol. The Labute approximate surface area is 371 Å². The van der Waals surface area contributed by atoms with Crippen LogP contribution >= 0.6 is 0 Å². The Morgan fingerprint density at radius 3 is 2.24 bits per heavy atom. The summed E-state index contributed by atoms with van der Waals surface area (Å²) in [4.78, 5) is 44.6. The van der Waals surface area contributed by atoms with Crippen molar-refractivity contribution in [3.8, 4) is 0 Å². The van der Waals surface area contributed by atoms with E-state index in [9.17, 15) is 14.4 Å². The second kappa shape index (κ2) is 24.5. The van der Waals surface area contributed by atoms with Crippen LogP contribution in [0.4, 0.5) is 0 Å². The molecule has 346 valence electrons. The van der Waals surface area contributed by atoms with Crippen molar-refractivity contribution in [3.05, 3.63) is 59.4 Å². The Kier molecular flexibility index (Phi) is 19.6. The zero-order valence-electron chi connectivity index (χ0n) is 39.1. The van der Waals surface area contributed by atoms with Gasteiger partial charge in [-0.2, -0.15) is 0 Å². The molecule has 1 aromatic heterocycles. The summed E-state index contributed by atoms with van der Waals surface area (Å²) in [5, 5.41) is 0. The number of fused-ring (bicyclic) bond motifs is 4. The number of carbonyl (C=O) groups is 3. The van der Waals surface area contributed by atoms with Crippen LogP contribution in [-0.4, -0.2) is 78.3 Å². The number of nitrogens with zero attached hydrogens (tertiary/aromatic N) is 1. The van der Waals surface area contributed by atoms with Crippen LogP contribution in [0.15, 0.2) is 52.2 Å². The minimum Gasteiger partial charge on any atom is -0.462 e. The number of unbranched alkanes of at least 4 members (excludes halogenated alkanes) is 12. The molecule has 3 fully saturated rings. The molecule has 0 aliphatic carbocycles. The molecule has 4 aliphatic heterocycles. The lowest BCUT2D eigenvalue weighted by Crippen LogP contribution is -2.43. The summed E-state index contributed by atoms with van der Waals surface area (Å²) in [5.74, 6) is -0.712. The third-order valence-electron chi connectivity index (χ3n) is 13.4. The molecular formula is C51H77NO10. The maximum atomic E-state index is 13.9. The molecule has 0 spiro atoms. The van der Waals surface area contributed by atoms with E-state index >= 15 is 0 Å². The van der Waals surface area contributed by atoms with Gasteiger partial charge in [0.25, 0.3) is 0 Å².